The molecule has 0 fully saturated rings. The largest absolute Gasteiger partial charge is 0.491 e. The van der Waals surface area contributed by atoms with Gasteiger partial charge < -0.3 is 9.64 Å². The fourth-order valence-corrected chi connectivity index (χ4v) is 2.74. The van der Waals surface area contributed by atoms with Crippen LogP contribution in [0.4, 0.5) is 5.69 Å². The van der Waals surface area contributed by atoms with Crippen molar-refractivity contribution in [2.24, 2.45) is 0 Å². The van der Waals surface area contributed by atoms with Crippen LogP contribution in [-0.4, -0.2) is 24.0 Å². The van der Waals surface area contributed by atoms with Crippen LogP contribution in [0.5, 0.6) is 5.75 Å². The van der Waals surface area contributed by atoms with E-state index < -0.39 is 0 Å². The Morgan fingerprint density at radius 1 is 1.19 bits per heavy atom. The number of hydrogen-bond acceptors (Lipinski definition) is 3. The number of aromatic nitrogens is 1. The maximum absolute atomic E-state index is 12.7. The predicted molar refractivity (Wildman–Crippen MR) is 82.5 cm³/mol. The van der Waals surface area contributed by atoms with Gasteiger partial charge in [0.25, 0.3) is 5.91 Å². The van der Waals surface area contributed by atoms with Crippen LogP contribution in [0.2, 0.25) is 10.3 Å². The fraction of sp³-hybridized carbons (Fsp3) is 0.200. The van der Waals surface area contributed by atoms with Crippen molar-refractivity contribution in [3.8, 4) is 5.75 Å². The summed E-state index contributed by atoms with van der Waals surface area (Å²) in [5, 5.41) is 0.399. The van der Waals surface area contributed by atoms with Gasteiger partial charge in [0.2, 0.25) is 0 Å². The summed E-state index contributed by atoms with van der Waals surface area (Å²) >= 11 is 11.7. The predicted octanol–water partition coefficient (Wildman–Crippen LogP) is 3.82. The minimum Gasteiger partial charge on any atom is -0.491 e. The molecule has 1 aliphatic rings. The normalized spacial score (nSPS) is 14.1. The number of nitrogens with zero attached hydrogens (tertiary/aromatic N) is 2. The zero-order valence-corrected chi connectivity index (χ0v) is 12.6. The monoisotopic (exact) mass is 322 g/mol. The Hall–Kier alpha value is -1.78. The third-order valence-electron chi connectivity index (χ3n) is 3.19. The van der Waals surface area contributed by atoms with Crippen LogP contribution in [-0.2, 0) is 0 Å². The minimum absolute atomic E-state index is 0.167. The van der Waals surface area contributed by atoms with Crippen LogP contribution < -0.4 is 9.64 Å². The summed E-state index contributed by atoms with van der Waals surface area (Å²) < 4.78 is 5.65. The van der Waals surface area contributed by atoms with Crippen molar-refractivity contribution in [3.05, 3.63) is 52.3 Å². The zero-order chi connectivity index (χ0) is 14.8. The SMILES string of the molecule is O=C(c1cc(Cl)nc(Cl)c1)N1CCCOc2ccccc21. The number of benzene rings is 1. The molecule has 1 amide bonds. The first-order valence-electron chi connectivity index (χ1n) is 6.52. The molecule has 0 saturated heterocycles. The second-order valence-corrected chi connectivity index (χ2v) is 5.40. The summed E-state index contributed by atoms with van der Waals surface area (Å²) in [6, 6.07) is 10.5. The van der Waals surface area contributed by atoms with E-state index in [-0.39, 0.29) is 16.2 Å². The molecule has 3 rings (SSSR count). The zero-order valence-electron chi connectivity index (χ0n) is 11.1. The summed E-state index contributed by atoms with van der Waals surface area (Å²) in [6.07, 6.45) is 0.757. The summed E-state index contributed by atoms with van der Waals surface area (Å²) in [6.45, 7) is 1.16. The highest BCUT2D eigenvalue weighted by atomic mass is 35.5. The van der Waals surface area contributed by atoms with Crippen LogP contribution in [0, 0.1) is 0 Å². The van der Waals surface area contributed by atoms with Crippen molar-refractivity contribution in [2.75, 3.05) is 18.1 Å². The lowest BCUT2D eigenvalue weighted by Gasteiger charge is -2.21. The van der Waals surface area contributed by atoms with E-state index in [0.29, 0.717) is 24.5 Å². The number of pyridine rings is 1. The van der Waals surface area contributed by atoms with Gasteiger partial charge in [0.05, 0.1) is 12.3 Å². The van der Waals surface area contributed by atoms with Crippen LogP contribution in [0.15, 0.2) is 36.4 Å². The van der Waals surface area contributed by atoms with E-state index in [1.165, 1.54) is 12.1 Å². The van der Waals surface area contributed by atoms with E-state index in [2.05, 4.69) is 4.98 Å². The molecule has 1 aromatic heterocycles. The summed E-state index contributed by atoms with van der Waals surface area (Å²) in [5.41, 5.74) is 1.17. The van der Waals surface area contributed by atoms with E-state index in [1.807, 2.05) is 24.3 Å². The molecule has 21 heavy (non-hydrogen) atoms. The fourth-order valence-electron chi connectivity index (χ4n) is 2.28. The molecule has 108 valence electrons. The number of fused-ring (bicyclic) bond motifs is 1. The molecule has 0 N–H and O–H groups in total. The van der Waals surface area contributed by atoms with Crippen molar-refractivity contribution in [3.63, 3.8) is 0 Å². The van der Waals surface area contributed by atoms with E-state index >= 15 is 0 Å². The van der Waals surface area contributed by atoms with E-state index in [9.17, 15) is 4.79 Å². The third kappa shape index (κ3) is 2.96. The molecule has 0 spiro atoms. The van der Waals surface area contributed by atoms with Crippen molar-refractivity contribution in [2.45, 2.75) is 6.42 Å². The smallest absolute Gasteiger partial charge is 0.258 e. The summed E-state index contributed by atoms with van der Waals surface area (Å²) in [4.78, 5) is 18.3. The number of halogens is 2. The second-order valence-electron chi connectivity index (χ2n) is 4.63. The van der Waals surface area contributed by atoms with Crippen molar-refractivity contribution in [1.29, 1.82) is 0 Å². The maximum Gasteiger partial charge on any atom is 0.258 e. The van der Waals surface area contributed by atoms with Gasteiger partial charge in [0.15, 0.2) is 0 Å². The highest BCUT2D eigenvalue weighted by molar-refractivity contribution is 6.33. The highest BCUT2D eigenvalue weighted by Gasteiger charge is 2.23. The summed E-state index contributed by atoms with van der Waals surface area (Å²) in [5.74, 6) is 0.536. The molecule has 0 radical (unpaired) electrons. The van der Waals surface area contributed by atoms with E-state index in [4.69, 9.17) is 27.9 Å². The average Bonchev–Trinajstić information content (AvgIpc) is 2.68. The van der Waals surface area contributed by atoms with Gasteiger partial charge in [-0.15, -0.1) is 0 Å². The number of ether oxygens (including phenoxy) is 1. The van der Waals surface area contributed by atoms with Crippen LogP contribution in [0.3, 0.4) is 0 Å². The van der Waals surface area contributed by atoms with Gasteiger partial charge in [0, 0.05) is 12.1 Å². The Bertz CT molecular complexity index is 671. The quantitative estimate of drug-likeness (QED) is 0.749. The standard InChI is InChI=1S/C15H12Cl2N2O2/c16-13-8-10(9-14(17)18-13)15(20)19-6-3-7-21-12-5-2-1-4-11(12)19/h1-2,4-5,8-9H,3,6-7H2. The first-order chi connectivity index (χ1) is 10.1. The molecule has 6 heteroatoms. The molecule has 2 heterocycles. The lowest BCUT2D eigenvalue weighted by molar-refractivity contribution is 0.0987. The molecule has 2 aromatic rings. The molecule has 1 aliphatic heterocycles. The third-order valence-corrected chi connectivity index (χ3v) is 3.58. The number of rotatable bonds is 1. The lowest BCUT2D eigenvalue weighted by Crippen LogP contribution is -2.31. The maximum atomic E-state index is 12.7. The van der Waals surface area contributed by atoms with Crippen molar-refractivity contribution < 1.29 is 9.53 Å². The minimum atomic E-state index is -0.167. The van der Waals surface area contributed by atoms with Gasteiger partial charge in [-0.2, -0.15) is 0 Å². The topological polar surface area (TPSA) is 42.4 Å². The first kappa shape index (κ1) is 14.2. The van der Waals surface area contributed by atoms with Crippen molar-refractivity contribution in [1.82, 2.24) is 4.98 Å². The van der Waals surface area contributed by atoms with Gasteiger partial charge in [-0.3, -0.25) is 4.79 Å². The number of carbonyl (C=O) groups excluding carboxylic acids is 1. The van der Waals surface area contributed by atoms with E-state index in [1.54, 1.807) is 4.90 Å². The Morgan fingerprint density at radius 3 is 2.67 bits per heavy atom. The lowest BCUT2D eigenvalue weighted by atomic mass is 10.2. The highest BCUT2D eigenvalue weighted by Crippen LogP contribution is 2.31. The Labute approximate surface area is 132 Å². The molecule has 4 nitrogen and oxygen atoms in total. The van der Waals surface area contributed by atoms with Crippen LogP contribution in [0.25, 0.3) is 0 Å². The number of carbonyl (C=O) groups is 1. The number of amides is 1. The van der Waals surface area contributed by atoms with Gasteiger partial charge >= 0.3 is 0 Å². The van der Waals surface area contributed by atoms with Crippen molar-refractivity contribution >= 4 is 34.8 Å². The first-order valence-corrected chi connectivity index (χ1v) is 7.27. The molecule has 0 bridgehead atoms. The number of hydrogen-bond donors (Lipinski definition) is 0. The van der Waals surface area contributed by atoms with Crippen LogP contribution >= 0.6 is 23.2 Å². The molecule has 0 aliphatic carbocycles. The van der Waals surface area contributed by atoms with Gasteiger partial charge in [-0.1, -0.05) is 35.3 Å². The second kappa shape index (κ2) is 5.92. The molecule has 0 atom stereocenters. The average molecular weight is 323 g/mol. The molecular weight excluding hydrogens is 311 g/mol. The number of para-hydroxylation sites is 2. The van der Waals surface area contributed by atoms with Gasteiger partial charge in [-0.25, -0.2) is 4.98 Å². The van der Waals surface area contributed by atoms with Gasteiger partial charge in [-0.05, 0) is 30.7 Å². The van der Waals surface area contributed by atoms with Gasteiger partial charge in [0.1, 0.15) is 16.1 Å². The molecular formula is C15H12Cl2N2O2. The molecule has 0 saturated carbocycles. The molecule has 0 unspecified atom stereocenters. The van der Waals surface area contributed by atoms with Crippen LogP contribution in [0.1, 0.15) is 16.8 Å². The number of anilines is 1. The molecule has 1 aromatic carbocycles. The Morgan fingerprint density at radius 2 is 1.90 bits per heavy atom. The summed E-state index contributed by atoms with van der Waals surface area (Å²) in [7, 11) is 0. The Balaban J connectivity index is 2.01. The Kier molecular flexibility index (Phi) is 3.99. The van der Waals surface area contributed by atoms with E-state index in [0.717, 1.165) is 12.1 Å².